The second-order valence-electron chi connectivity index (χ2n) is 5.66. The molecule has 23 heavy (non-hydrogen) atoms. The maximum Gasteiger partial charge on any atom is 0.242 e. The van der Waals surface area contributed by atoms with E-state index in [1.807, 2.05) is 49.4 Å². The van der Waals surface area contributed by atoms with E-state index in [1.54, 1.807) is 0 Å². The quantitative estimate of drug-likeness (QED) is 0.788. The molecule has 2 aromatic carbocycles. The molecule has 0 radical (unpaired) electrons. The molecule has 3 rings (SSSR count). The standard InChI is InChI=1S/C17H17Cl2N3O/c1-10-5-6-14(13(19)7-10)20-17(23)16-9-15(21-22-16)11-3-2-4-12(18)8-11/h2-8,15-16,21-22H,9H2,1H3,(H,20,23). The third-order valence-corrected chi connectivity index (χ3v) is 4.40. The molecule has 0 saturated carbocycles. The van der Waals surface area contributed by atoms with Crippen molar-refractivity contribution in [1.29, 1.82) is 0 Å². The molecule has 1 aliphatic rings. The maximum absolute atomic E-state index is 12.4. The first-order valence-corrected chi connectivity index (χ1v) is 8.12. The fraction of sp³-hybridized carbons (Fsp3) is 0.235. The van der Waals surface area contributed by atoms with Crippen LogP contribution in [0, 0.1) is 6.92 Å². The third kappa shape index (κ3) is 3.85. The van der Waals surface area contributed by atoms with Crippen LogP contribution in [0.2, 0.25) is 10.0 Å². The van der Waals surface area contributed by atoms with Gasteiger partial charge in [-0.05, 0) is 48.7 Å². The Balaban J connectivity index is 1.65. The normalized spacial score (nSPS) is 20.5. The number of carbonyl (C=O) groups is 1. The van der Waals surface area contributed by atoms with Gasteiger partial charge in [0.2, 0.25) is 5.91 Å². The molecule has 2 unspecified atom stereocenters. The van der Waals surface area contributed by atoms with Crippen LogP contribution in [-0.4, -0.2) is 11.9 Å². The van der Waals surface area contributed by atoms with Crippen molar-refractivity contribution in [1.82, 2.24) is 10.9 Å². The zero-order valence-electron chi connectivity index (χ0n) is 12.6. The van der Waals surface area contributed by atoms with Gasteiger partial charge < -0.3 is 5.32 Å². The van der Waals surface area contributed by atoms with E-state index < -0.39 is 0 Å². The van der Waals surface area contributed by atoms with Crippen LogP contribution < -0.4 is 16.2 Å². The molecular formula is C17H17Cl2N3O. The van der Waals surface area contributed by atoms with Crippen molar-refractivity contribution in [3.05, 3.63) is 63.6 Å². The highest BCUT2D eigenvalue weighted by Crippen LogP contribution is 2.26. The van der Waals surface area contributed by atoms with Crippen LogP contribution in [0.5, 0.6) is 0 Å². The molecule has 0 spiro atoms. The molecule has 2 atom stereocenters. The molecule has 0 aromatic heterocycles. The minimum Gasteiger partial charge on any atom is -0.323 e. The van der Waals surface area contributed by atoms with Crippen molar-refractivity contribution in [2.24, 2.45) is 0 Å². The van der Waals surface area contributed by atoms with Crippen LogP contribution in [0.25, 0.3) is 0 Å². The summed E-state index contributed by atoms with van der Waals surface area (Å²) < 4.78 is 0. The number of hydrogen-bond acceptors (Lipinski definition) is 3. The summed E-state index contributed by atoms with van der Waals surface area (Å²) in [5.74, 6) is -0.118. The van der Waals surface area contributed by atoms with E-state index in [0.29, 0.717) is 22.2 Å². The first kappa shape index (κ1) is 16.3. The van der Waals surface area contributed by atoms with Crippen LogP contribution in [0.1, 0.15) is 23.6 Å². The summed E-state index contributed by atoms with van der Waals surface area (Å²) in [6.07, 6.45) is 0.635. The minimum atomic E-state index is -0.337. The van der Waals surface area contributed by atoms with Gasteiger partial charge in [0.15, 0.2) is 0 Å². The van der Waals surface area contributed by atoms with E-state index in [2.05, 4.69) is 16.2 Å². The highest BCUT2D eigenvalue weighted by Gasteiger charge is 2.30. The molecule has 4 nitrogen and oxygen atoms in total. The van der Waals surface area contributed by atoms with Gasteiger partial charge >= 0.3 is 0 Å². The highest BCUT2D eigenvalue weighted by atomic mass is 35.5. The highest BCUT2D eigenvalue weighted by molar-refractivity contribution is 6.33. The van der Waals surface area contributed by atoms with Crippen molar-refractivity contribution in [3.63, 3.8) is 0 Å². The molecule has 2 aromatic rings. The number of rotatable bonds is 3. The summed E-state index contributed by atoms with van der Waals surface area (Å²) in [6.45, 7) is 1.95. The minimum absolute atomic E-state index is 0.0398. The molecule has 6 heteroatoms. The van der Waals surface area contributed by atoms with Gasteiger partial charge in [-0.2, -0.15) is 0 Å². The molecule has 0 aliphatic carbocycles. The van der Waals surface area contributed by atoms with Crippen LogP contribution in [-0.2, 0) is 4.79 Å². The fourth-order valence-corrected chi connectivity index (χ4v) is 3.09. The van der Waals surface area contributed by atoms with Crippen LogP contribution >= 0.6 is 23.2 Å². The van der Waals surface area contributed by atoms with Crippen molar-refractivity contribution in [3.8, 4) is 0 Å². The van der Waals surface area contributed by atoms with E-state index in [0.717, 1.165) is 11.1 Å². The number of hydrogen-bond donors (Lipinski definition) is 3. The van der Waals surface area contributed by atoms with Gasteiger partial charge in [-0.1, -0.05) is 41.4 Å². The Morgan fingerprint density at radius 3 is 2.74 bits per heavy atom. The first-order chi connectivity index (χ1) is 11.0. The second kappa shape index (κ2) is 6.89. The third-order valence-electron chi connectivity index (χ3n) is 3.85. The maximum atomic E-state index is 12.4. The fourth-order valence-electron chi connectivity index (χ4n) is 2.61. The Kier molecular flexibility index (Phi) is 4.87. The molecule has 1 aliphatic heterocycles. The molecule has 0 bridgehead atoms. The van der Waals surface area contributed by atoms with E-state index in [-0.39, 0.29) is 18.0 Å². The molecule has 1 fully saturated rings. The molecule has 1 heterocycles. The number of nitrogens with one attached hydrogen (secondary N) is 3. The lowest BCUT2D eigenvalue weighted by Crippen LogP contribution is -2.39. The van der Waals surface area contributed by atoms with Crippen molar-refractivity contribution in [2.45, 2.75) is 25.4 Å². The Bertz CT molecular complexity index is 736. The van der Waals surface area contributed by atoms with Crippen molar-refractivity contribution < 1.29 is 4.79 Å². The summed E-state index contributed by atoms with van der Waals surface area (Å²) in [7, 11) is 0. The zero-order valence-corrected chi connectivity index (χ0v) is 14.1. The van der Waals surface area contributed by atoms with E-state index >= 15 is 0 Å². The number of amides is 1. The SMILES string of the molecule is Cc1ccc(NC(=O)C2CC(c3cccc(Cl)c3)NN2)c(Cl)c1. The number of hydrazine groups is 1. The monoisotopic (exact) mass is 349 g/mol. The summed E-state index contributed by atoms with van der Waals surface area (Å²) >= 11 is 12.2. The predicted molar refractivity (Wildman–Crippen MR) is 93.7 cm³/mol. The van der Waals surface area contributed by atoms with Crippen LogP contribution in [0.4, 0.5) is 5.69 Å². The Morgan fingerprint density at radius 2 is 2.00 bits per heavy atom. The molecule has 1 saturated heterocycles. The van der Waals surface area contributed by atoms with Gasteiger partial charge in [0.25, 0.3) is 0 Å². The average molecular weight is 350 g/mol. The summed E-state index contributed by atoms with van der Waals surface area (Å²) in [5, 5.41) is 4.08. The Labute approximate surface area is 145 Å². The lowest BCUT2D eigenvalue weighted by atomic mass is 10.0. The van der Waals surface area contributed by atoms with Gasteiger partial charge in [0.05, 0.1) is 10.7 Å². The van der Waals surface area contributed by atoms with Crippen molar-refractivity contribution >= 4 is 34.8 Å². The number of halogens is 2. The summed E-state index contributed by atoms with van der Waals surface area (Å²) in [5.41, 5.74) is 8.89. The average Bonchev–Trinajstić information content (AvgIpc) is 3.00. The summed E-state index contributed by atoms with van der Waals surface area (Å²) in [4.78, 5) is 12.4. The molecular weight excluding hydrogens is 333 g/mol. The number of carbonyl (C=O) groups excluding carboxylic acids is 1. The lowest BCUT2D eigenvalue weighted by molar-refractivity contribution is -0.117. The van der Waals surface area contributed by atoms with Crippen molar-refractivity contribution in [2.75, 3.05) is 5.32 Å². The molecule has 120 valence electrons. The molecule has 1 amide bonds. The number of benzene rings is 2. The van der Waals surface area contributed by atoms with E-state index in [1.165, 1.54) is 0 Å². The lowest BCUT2D eigenvalue weighted by Gasteiger charge is -2.12. The van der Waals surface area contributed by atoms with Gasteiger partial charge in [-0.25, -0.2) is 10.9 Å². The van der Waals surface area contributed by atoms with Crippen LogP contribution in [0.15, 0.2) is 42.5 Å². The first-order valence-electron chi connectivity index (χ1n) is 7.36. The second-order valence-corrected chi connectivity index (χ2v) is 6.50. The summed E-state index contributed by atoms with van der Waals surface area (Å²) in [6, 6.07) is 12.9. The van der Waals surface area contributed by atoms with Gasteiger partial charge in [0, 0.05) is 11.1 Å². The largest absolute Gasteiger partial charge is 0.323 e. The van der Waals surface area contributed by atoms with E-state index in [4.69, 9.17) is 23.2 Å². The van der Waals surface area contributed by atoms with Gasteiger partial charge in [-0.15, -0.1) is 0 Å². The smallest absolute Gasteiger partial charge is 0.242 e. The van der Waals surface area contributed by atoms with Gasteiger partial charge in [-0.3, -0.25) is 4.79 Å². The Hall–Kier alpha value is -1.59. The Morgan fingerprint density at radius 1 is 1.17 bits per heavy atom. The predicted octanol–water partition coefficient (Wildman–Crippen LogP) is 3.85. The topological polar surface area (TPSA) is 53.2 Å². The van der Waals surface area contributed by atoms with E-state index in [9.17, 15) is 4.79 Å². The van der Waals surface area contributed by atoms with Crippen LogP contribution in [0.3, 0.4) is 0 Å². The van der Waals surface area contributed by atoms with Gasteiger partial charge in [0.1, 0.15) is 6.04 Å². The zero-order chi connectivity index (χ0) is 16.4. The number of aryl methyl sites for hydroxylation is 1. The number of anilines is 1. The molecule has 3 N–H and O–H groups in total.